The quantitative estimate of drug-likeness (QED) is 0.779. The van der Waals surface area contributed by atoms with Gasteiger partial charge in [-0.05, 0) is 63.3 Å². The van der Waals surface area contributed by atoms with Crippen LogP contribution in [0, 0.1) is 17.8 Å². The van der Waals surface area contributed by atoms with Crippen LogP contribution in [0.3, 0.4) is 0 Å². The summed E-state index contributed by atoms with van der Waals surface area (Å²) in [6.45, 7) is 5.66. The third-order valence-corrected chi connectivity index (χ3v) is 6.13. The molecule has 1 atom stereocenters. The predicted molar refractivity (Wildman–Crippen MR) is 90.7 cm³/mol. The second-order valence-electron chi connectivity index (χ2n) is 7.99. The Labute approximate surface area is 136 Å². The number of unbranched alkanes of at least 4 members (excludes halogenated alkanes) is 1. The Morgan fingerprint density at radius 2 is 1.82 bits per heavy atom. The number of rotatable bonds is 7. The Kier molecular flexibility index (Phi) is 5.78. The van der Waals surface area contributed by atoms with Crippen LogP contribution >= 0.6 is 0 Å². The molecule has 0 aromatic heterocycles. The number of nitrogens with one attached hydrogen (secondary N) is 1. The van der Waals surface area contributed by atoms with Gasteiger partial charge >= 0.3 is 0 Å². The lowest BCUT2D eigenvalue weighted by molar-refractivity contribution is -0.126. The molecule has 1 heterocycles. The molecule has 1 N–H and O–H groups in total. The molecule has 3 aliphatic rings. The number of amides is 1. The molecule has 1 amide bonds. The topological polar surface area (TPSA) is 32.3 Å². The van der Waals surface area contributed by atoms with Crippen LogP contribution in [0.1, 0.15) is 71.1 Å². The van der Waals surface area contributed by atoms with Crippen LogP contribution in [0.4, 0.5) is 0 Å². The molecule has 0 radical (unpaired) electrons. The van der Waals surface area contributed by atoms with Crippen molar-refractivity contribution in [2.24, 2.45) is 17.8 Å². The van der Waals surface area contributed by atoms with Gasteiger partial charge in [0.1, 0.15) is 0 Å². The minimum absolute atomic E-state index is 0.304. The summed E-state index contributed by atoms with van der Waals surface area (Å²) in [6.07, 6.45) is 12.9. The molecule has 0 aromatic rings. The Morgan fingerprint density at radius 3 is 2.50 bits per heavy atom. The number of nitrogens with zero attached hydrogens (tertiary/aromatic N) is 1. The Bertz CT molecular complexity index is 358. The first-order valence-corrected chi connectivity index (χ1v) is 9.78. The van der Waals surface area contributed by atoms with Gasteiger partial charge in [0.05, 0.1) is 0 Å². The molecule has 0 bridgehead atoms. The van der Waals surface area contributed by atoms with Gasteiger partial charge in [-0.2, -0.15) is 0 Å². The average Bonchev–Trinajstić information content (AvgIpc) is 3.30. The zero-order chi connectivity index (χ0) is 15.4. The maximum atomic E-state index is 12.4. The van der Waals surface area contributed by atoms with E-state index in [0.29, 0.717) is 17.7 Å². The van der Waals surface area contributed by atoms with Gasteiger partial charge in [0, 0.05) is 25.0 Å². The molecule has 1 unspecified atom stereocenters. The predicted octanol–water partition coefficient (Wildman–Crippen LogP) is 3.58. The van der Waals surface area contributed by atoms with E-state index in [4.69, 9.17) is 0 Å². The van der Waals surface area contributed by atoms with E-state index in [-0.39, 0.29) is 0 Å². The standard InChI is InChI=1S/C19H34N2O/c1-2-3-4-15-5-7-17(8-6-15)19(22)20-13-16-11-12-21(14-16)18-9-10-18/h15-18H,2-14H2,1H3,(H,20,22). The first kappa shape index (κ1) is 16.3. The van der Waals surface area contributed by atoms with Crippen molar-refractivity contribution in [3.63, 3.8) is 0 Å². The lowest BCUT2D eigenvalue weighted by atomic mass is 9.79. The number of hydrogen-bond acceptors (Lipinski definition) is 2. The maximum absolute atomic E-state index is 12.4. The minimum atomic E-state index is 0.304. The van der Waals surface area contributed by atoms with E-state index in [1.807, 2.05) is 0 Å². The molecule has 0 spiro atoms. The lowest BCUT2D eigenvalue weighted by Crippen LogP contribution is -2.37. The Morgan fingerprint density at radius 1 is 1.05 bits per heavy atom. The number of likely N-dealkylation sites (tertiary alicyclic amines) is 1. The normalized spacial score (nSPS) is 33.0. The van der Waals surface area contributed by atoms with E-state index in [1.165, 1.54) is 64.5 Å². The molecule has 2 aliphatic carbocycles. The van der Waals surface area contributed by atoms with E-state index in [9.17, 15) is 4.79 Å². The van der Waals surface area contributed by atoms with Gasteiger partial charge in [-0.3, -0.25) is 4.79 Å². The summed E-state index contributed by atoms with van der Waals surface area (Å²) in [5, 5.41) is 3.27. The van der Waals surface area contributed by atoms with Crippen molar-refractivity contribution in [1.82, 2.24) is 10.2 Å². The van der Waals surface area contributed by atoms with Crippen LogP contribution in [0.15, 0.2) is 0 Å². The smallest absolute Gasteiger partial charge is 0.223 e. The van der Waals surface area contributed by atoms with Crippen molar-refractivity contribution in [2.45, 2.75) is 77.2 Å². The fraction of sp³-hybridized carbons (Fsp3) is 0.947. The molecule has 1 saturated heterocycles. The second-order valence-corrected chi connectivity index (χ2v) is 7.99. The molecular formula is C19H34N2O. The maximum Gasteiger partial charge on any atom is 0.223 e. The second kappa shape index (κ2) is 7.81. The summed E-state index contributed by atoms with van der Waals surface area (Å²) in [4.78, 5) is 15.0. The molecule has 1 aliphatic heterocycles. The summed E-state index contributed by atoms with van der Waals surface area (Å²) < 4.78 is 0. The highest BCUT2D eigenvalue weighted by molar-refractivity contribution is 5.78. The van der Waals surface area contributed by atoms with Gasteiger partial charge in [0.15, 0.2) is 0 Å². The molecule has 126 valence electrons. The zero-order valence-electron chi connectivity index (χ0n) is 14.4. The molecule has 22 heavy (non-hydrogen) atoms. The van der Waals surface area contributed by atoms with Crippen molar-refractivity contribution in [1.29, 1.82) is 0 Å². The fourth-order valence-electron chi connectivity index (χ4n) is 4.40. The van der Waals surface area contributed by atoms with Gasteiger partial charge in [0.2, 0.25) is 5.91 Å². The fourth-order valence-corrected chi connectivity index (χ4v) is 4.40. The van der Waals surface area contributed by atoms with Gasteiger partial charge in [0.25, 0.3) is 0 Å². The van der Waals surface area contributed by atoms with Crippen molar-refractivity contribution in [3.05, 3.63) is 0 Å². The van der Waals surface area contributed by atoms with Gasteiger partial charge in [-0.25, -0.2) is 0 Å². The largest absolute Gasteiger partial charge is 0.356 e. The van der Waals surface area contributed by atoms with Crippen LogP contribution in [0.5, 0.6) is 0 Å². The van der Waals surface area contributed by atoms with Crippen molar-refractivity contribution in [3.8, 4) is 0 Å². The summed E-state index contributed by atoms with van der Waals surface area (Å²) in [5.74, 6) is 2.24. The van der Waals surface area contributed by atoms with Crippen molar-refractivity contribution >= 4 is 5.91 Å². The number of hydrogen-bond donors (Lipinski definition) is 1. The number of carbonyl (C=O) groups excluding carboxylic acids is 1. The molecular weight excluding hydrogens is 272 g/mol. The monoisotopic (exact) mass is 306 g/mol. The molecule has 0 aromatic carbocycles. The van der Waals surface area contributed by atoms with Crippen LogP contribution in [-0.4, -0.2) is 36.5 Å². The molecule has 3 heteroatoms. The molecule has 3 nitrogen and oxygen atoms in total. The van der Waals surface area contributed by atoms with Crippen LogP contribution in [-0.2, 0) is 4.79 Å². The van der Waals surface area contributed by atoms with Gasteiger partial charge in [-0.1, -0.05) is 26.2 Å². The van der Waals surface area contributed by atoms with Gasteiger partial charge in [-0.15, -0.1) is 0 Å². The van der Waals surface area contributed by atoms with E-state index < -0.39 is 0 Å². The SMILES string of the molecule is CCCCC1CCC(C(=O)NCC2CCN(C3CC3)C2)CC1. The van der Waals surface area contributed by atoms with Crippen molar-refractivity contribution < 1.29 is 4.79 Å². The summed E-state index contributed by atoms with van der Waals surface area (Å²) in [5.41, 5.74) is 0. The average molecular weight is 306 g/mol. The summed E-state index contributed by atoms with van der Waals surface area (Å²) in [7, 11) is 0. The summed E-state index contributed by atoms with van der Waals surface area (Å²) in [6, 6.07) is 0.888. The first-order chi connectivity index (χ1) is 10.8. The molecule has 3 fully saturated rings. The van der Waals surface area contributed by atoms with Crippen LogP contribution in [0.25, 0.3) is 0 Å². The minimum Gasteiger partial charge on any atom is -0.356 e. The summed E-state index contributed by atoms with van der Waals surface area (Å²) >= 11 is 0. The molecule has 2 saturated carbocycles. The molecule has 3 rings (SSSR count). The first-order valence-electron chi connectivity index (χ1n) is 9.78. The number of carbonyl (C=O) groups is 1. The highest BCUT2D eigenvalue weighted by Crippen LogP contribution is 2.33. The van der Waals surface area contributed by atoms with Crippen molar-refractivity contribution in [2.75, 3.05) is 19.6 Å². The highest BCUT2D eigenvalue weighted by atomic mass is 16.1. The van der Waals surface area contributed by atoms with Crippen LogP contribution < -0.4 is 5.32 Å². The third kappa shape index (κ3) is 4.47. The Hall–Kier alpha value is -0.570. The van der Waals surface area contributed by atoms with Gasteiger partial charge < -0.3 is 10.2 Å². The van der Waals surface area contributed by atoms with E-state index in [1.54, 1.807) is 0 Å². The third-order valence-electron chi connectivity index (χ3n) is 6.13. The zero-order valence-corrected chi connectivity index (χ0v) is 14.4. The van der Waals surface area contributed by atoms with E-state index in [2.05, 4.69) is 17.1 Å². The van der Waals surface area contributed by atoms with E-state index >= 15 is 0 Å². The lowest BCUT2D eigenvalue weighted by Gasteiger charge is -2.28. The highest BCUT2D eigenvalue weighted by Gasteiger charge is 2.34. The Balaban J connectivity index is 1.31. The van der Waals surface area contributed by atoms with Crippen LogP contribution in [0.2, 0.25) is 0 Å². The van der Waals surface area contributed by atoms with E-state index in [0.717, 1.165) is 31.3 Å².